The van der Waals surface area contributed by atoms with Gasteiger partial charge < -0.3 is 0 Å². The monoisotopic (exact) mass is 163 g/mol. The summed E-state index contributed by atoms with van der Waals surface area (Å²) in [4.78, 5) is 3.51. The van der Waals surface area contributed by atoms with Gasteiger partial charge in [-0.15, -0.1) is 0 Å². The van der Waals surface area contributed by atoms with Gasteiger partial charge in [0.1, 0.15) is 0 Å². The molecule has 0 bridgehead atoms. The van der Waals surface area contributed by atoms with E-state index in [-0.39, 0.29) is 0 Å². The van der Waals surface area contributed by atoms with Gasteiger partial charge in [0.2, 0.25) is 5.95 Å². The van der Waals surface area contributed by atoms with Crippen LogP contribution in [0.4, 0.5) is 4.39 Å². The van der Waals surface area contributed by atoms with Crippen molar-refractivity contribution in [2.45, 2.75) is 0 Å². The van der Waals surface area contributed by atoms with Crippen LogP contribution in [-0.2, 0) is 0 Å². The minimum atomic E-state index is -0.496. The van der Waals surface area contributed by atoms with E-state index in [1.54, 1.807) is 24.4 Å². The molecule has 0 atom stereocenters. The van der Waals surface area contributed by atoms with Crippen LogP contribution in [0.1, 0.15) is 0 Å². The Bertz CT molecular complexity index is 370. The van der Waals surface area contributed by atoms with E-state index in [0.717, 1.165) is 0 Å². The highest BCUT2D eigenvalue weighted by atomic mass is 19.1. The molecule has 0 amide bonds. The Balaban J connectivity index is 2.55. The lowest BCUT2D eigenvalue weighted by molar-refractivity contribution is 0.587. The smallest absolute Gasteiger partial charge is 0.222 e. The minimum Gasteiger partial charge on any atom is -0.285 e. The lowest BCUT2D eigenvalue weighted by atomic mass is 10.2. The molecule has 2 rings (SSSR count). The Hall–Kier alpha value is -1.71. The predicted molar refractivity (Wildman–Crippen MR) is 41.8 cm³/mol. The number of pyridine rings is 1. The van der Waals surface area contributed by atoms with Gasteiger partial charge in [0.15, 0.2) is 0 Å². The van der Waals surface area contributed by atoms with Gasteiger partial charge in [-0.05, 0) is 18.2 Å². The van der Waals surface area contributed by atoms with Crippen molar-refractivity contribution in [3.8, 4) is 11.3 Å². The molecule has 0 saturated carbocycles. The van der Waals surface area contributed by atoms with Crippen LogP contribution in [-0.4, -0.2) is 15.2 Å². The van der Waals surface area contributed by atoms with E-state index < -0.39 is 5.95 Å². The number of H-pyrrole nitrogens is 1. The number of nitrogens with one attached hydrogen (secondary N) is 1. The number of hydrogen-bond donors (Lipinski definition) is 1. The molecule has 2 aromatic rings. The van der Waals surface area contributed by atoms with Crippen LogP contribution in [0.25, 0.3) is 11.3 Å². The van der Waals surface area contributed by atoms with Gasteiger partial charge in [0.25, 0.3) is 0 Å². The summed E-state index contributed by atoms with van der Waals surface area (Å²) in [5.74, 6) is -0.496. The van der Waals surface area contributed by atoms with Gasteiger partial charge >= 0.3 is 0 Å². The fourth-order valence-electron chi connectivity index (χ4n) is 0.987. The summed E-state index contributed by atoms with van der Waals surface area (Å²) in [6.45, 7) is 0. The van der Waals surface area contributed by atoms with Crippen LogP contribution in [0.3, 0.4) is 0 Å². The molecule has 3 nitrogen and oxygen atoms in total. The summed E-state index contributed by atoms with van der Waals surface area (Å²) >= 11 is 0. The molecule has 0 unspecified atom stereocenters. The average Bonchev–Trinajstić information content (AvgIpc) is 2.57. The molecular weight excluding hydrogens is 157 g/mol. The van der Waals surface area contributed by atoms with E-state index in [1.807, 2.05) is 0 Å². The van der Waals surface area contributed by atoms with E-state index in [4.69, 9.17) is 0 Å². The van der Waals surface area contributed by atoms with E-state index in [9.17, 15) is 4.39 Å². The van der Waals surface area contributed by atoms with E-state index in [2.05, 4.69) is 15.2 Å². The largest absolute Gasteiger partial charge is 0.285 e. The zero-order chi connectivity index (χ0) is 8.39. The van der Waals surface area contributed by atoms with Gasteiger partial charge in [0, 0.05) is 12.4 Å². The molecule has 0 aliphatic carbocycles. The first-order valence-electron chi connectivity index (χ1n) is 3.48. The number of halogens is 1. The summed E-state index contributed by atoms with van der Waals surface area (Å²) in [5.41, 5.74) is 0.986. The normalized spacial score (nSPS) is 10.1. The molecular formula is C8H6FN3. The van der Waals surface area contributed by atoms with Crippen molar-refractivity contribution in [1.29, 1.82) is 0 Å². The van der Waals surface area contributed by atoms with Crippen molar-refractivity contribution in [2.24, 2.45) is 0 Å². The molecule has 12 heavy (non-hydrogen) atoms. The molecule has 1 N–H and O–H groups in total. The maximum absolute atomic E-state index is 13.0. The second-order valence-electron chi connectivity index (χ2n) is 2.30. The summed E-state index contributed by atoms with van der Waals surface area (Å²) in [5, 5.41) is 6.45. The third-order valence-electron chi connectivity index (χ3n) is 1.54. The first-order chi connectivity index (χ1) is 5.88. The molecule has 0 aromatic carbocycles. The maximum atomic E-state index is 13.0. The molecule has 0 saturated heterocycles. The van der Waals surface area contributed by atoms with Crippen molar-refractivity contribution in [2.75, 3.05) is 0 Å². The summed E-state index contributed by atoms with van der Waals surface area (Å²) < 4.78 is 13.0. The fraction of sp³-hybridized carbons (Fsp3) is 0. The highest BCUT2D eigenvalue weighted by Crippen LogP contribution is 2.17. The van der Waals surface area contributed by atoms with Gasteiger partial charge in [0.05, 0.1) is 11.3 Å². The topological polar surface area (TPSA) is 41.6 Å². The number of nitrogens with zero attached hydrogens (tertiary/aromatic N) is 2. The summed E-state index contributed by atoms with van der Waals surface area (Å²) in [6, 6.07) is 5.01. The fourth-order valence-corrected chi connectivity index (χ4v) is 0.987. The summed E-state index contributed by atoms with van der Waals surface area (Å²) in [6.07, 6.45) is 3.05. The minimum absolute atomic E-state index is 0.416. The van der Waals surface area contributed by atoms with Gasteiger partial charge in [-0.3, -0.25) is 5.10 Å². The van der Waals surface area contributed by atoms with Gasteiger partial charge in [-0.25, -0.2) is 4.98 Å². The Kier molecular flexibility index (Phi) is 1.59. The van der Waals surface area contributed by atoms with Crippen molar-refractivity contribution >= 4 is 0 Å². The highest BCUT2D eigenvalue weighted by molar-refractivity contribution is 5.57. The molecule has 0 fully saturated rings. The number of hydrogen-bond acceptors (Lipinski definition) is 2. The maximum Gasteiger partial charge on any atom is 0.222 e. The molecule has 60 valence electrons. The molecule has 0 spiro atoms. The summed E-state index contributed by atoms with van der Waals surface area (Å²) in [7, 11) is 0. The number of aromatic amines is 1. The SMILES string of the molecule is Fc1ncccc1-c1cc[nH]n1. The zero-order valence-corrected chi connectivity index (χ0v) is 6.16. The average molecular weight is 163 g/mol. The first kappa shape index (κ1) is 6.97. The third kappa shape index (κ3) is 1.07. The molecule has 4 heteroatoms. The standard InChI is InChI=1S/C8H6FN3/c9-8-6(2-1-4-10-8)7-3-5-11-12-7/h1-5H,(H,11,12). The second-order valence-corrected chi connectivity index (χ2v) is 2.30. The van der Waals surface area contributed by atoms with Crippen LogP contribution in [0.15, 0.2) is 30.6 Å². The van der Waals surface area contributed by atoms with E-state index in [0.29, 0.717) is 11.3 Å². The lowest BCUT2D eigenvalue weighted by Gasteiger charge is -1.95. The van der Waals surface area contributed by atoms with Crippen LogP contribution >= 0.6 is 0 Å². The van der Waals surface area contributed by atoms with Gasteiger partial charge in [-0.1, -0.05) is 0 Å². The van der Waals surface area contributed by atoms with Crippen molar-refractivity contribution < 1.29 is 4.39 Å². The van der Waals surface area contributed by atoms with E-state index >= 15 is 0 Å². The lowest BCUT2D eigenvalue weighted by Crippen LogP contribution is -1.87. The number of aromatic nitrogens is 3. The van der Waals surface area contributed by atoms with Crippen LogP contribution < -0.4 is 0 Å². The van der Waals surface area contributed by atoms with Gasteiger partial charge in [-0.2, -0.15) is 9.49 Å². The quantitative estimate of drug-likeness (QED) is 0.649. The third-order valence-corrected chi connectivity index (χ3v) is 1.54. The molecule has 0 aliphatic rings. The Labute approximate surface area is 68.3 Å². The molecule has 0 aliphatic heterocycles. The first-order valence-corrected chi connectivity index (χ1v) is 3.48. The van der Waals surface area contributed by atoms with Crippen LogP contribution in [0.5, 0.6) is 0 Å². The number of rotatable bonds is 1. The van der Waals surface area contributed by atoms with E-state index in [1.165, 1.54) is 6.20 Å². The Morgan fingerprint density at radius 1 is 1.33 bits per heavy atom. The molecule has 2 aromatic heterocycles. The Morgan fingerprint density at radius 3 is 2.92 bits per heavy atom. The van der Waals surface area contributed by atoms with Crippen LogP contribution in [0, 0.1) is 5.95 Å². The van der Waals surface area contributed by atoms with Crippen molar-refractivity contribution in [1.82, 2.24) is 15.2 Å². The predicted octanol–water partition coefficient (Wildman–Crippen LogP) is 1.61. The van der Waals surface area contributed by atoms with Crippen molar-refractivity contribution in [3.05, 3.63) is 36.5 Å². The van der Waals surface area contributed by atoms with Crippen molar-refractivity contribution in [3.63, 3.8) is 0 Å². The highest BCUT2D eigenvalue weighted by Gasteiger charge is 2.05. The zero-order valence-electron chi connectivity index (χ0n) is 6.16. The second kappa shape index (κ2) is 2.73. The van der Waals surface area contributed by atoms with Crippen LogP contribution in [0.2, 0.25) is 0 Å². The Morgan fingerprint density at radius 2 is 2.25 bits per heavy atom. The molecule has 2 heterocycles. The molecule has 0 radical (unpaired) electrons.